The van der Waals surface area contributed by atoms with E-state index in [1.165, 1.54) is 88.1 Å². The van der Waals surface area contributed by atoms with Crippen molar-refractivity contribution in [1.82, 2.24) is 0 Å². The molecule has 2 aromatic carbocycles. The minimum Gasteiger partial charge on any atom is -0.378 e. The van der Waals surface area contributed by atoms with Crippen molar-refractivity contribution in [3.05, 3.63) is 42.0 Å². The van der Waals surface area contributed by atoms with Crippen LogP contribution in [-0.4, -0.2) is 19.9 Å². The fourth-order valence-corrected chi connectivity index (χ4v) is 4.13. The summed E-state index contributed by atoms with van der Waals surface area (Å²) >= 11 is 0. The predicted molar refractivity (Wildman–Crippen MR) is 133 cm³/mol. The number of benzene rings is 2. The van der Waals surface area contributed by atoms with Crippen molar-refractivity contribution in [2.24, 2.45) is 0 Å². The third-order valence-electron chi connectivity index (χ3n) is 6.17. The molecular formula is C28H43NO. The quantitative estimate of drug-likeness (QED) is 0.204. The van der Waals surface area contributed by atoms with Gasteiger partial charge in [-0.2, -0.15) is 0 Å². The van der Waals surface area contributed by atoms with Crippen LogP contribution in [0.3, 0.4) is 0 Å². The molecule has 0 aliphatic rings. The first-order valence-corrected chi connectivity index (χ1v) is 12.4. The molecule has 0 N–H and O–H groups in total. The fourth-order valence-electron chi connectivity index (χ4n) is 4.13. The van der Waals surface area contributed by atoms with Crippen LogP contribution in [0.2, 0.25) is 0 Å². The maximum absolute atomic E-state index is 12.6. The Morgan fingerprint density at radius 3 is 1.73 bits per heavy atom. The lowest BCUT2D eigenvalue weighted by atomic mass is 10.00. The number of Topliss-reactive ketones (excluding diaryl/α,β-unsaturated/α-hetero) is 1. The largest absolute Gasteiger partial charge is 0.378 e. The van der Waals surface area contributed by atoms with E-state index in [-0.39, 0.29) is 5.78 Å². The van der Waals surface area contributed by atoms with E-state index in [1.807, 2.05) is 6.07 Å². The zero-order valence-corrected chi connectivity index (χ0v) is 19.7. The highest BCUT2D eigenvalue weighted by molar-refractivity contribution is 6.00. The Morgan fingerprint density at radius 1 is 0.667 bits per heavy atom. The summed E-state index contributed by atoms with van der Waals surface area (Å²) in [5, 5.41) is 2.34. The molecule has 0 radical (unpaired) electrons. The molecule has 0 atom stereocenters. The van der Waals surface area contributed by atoms with Gasteiger partial charge in [0.1, 0.15) is 0 Å². The van der Waals surface area contributed by atoms with Gasteiger partial charge in [-0.05, 0) is 35.4 Å². The van der Waals surface area contributed by atoms with Crippen LogP contribution in [0.4, 0.5) is 5.69 Å². The van der Waals surface area contributed by atoms with E-state index < -0.39 is 0 Å². The van der Waals surface area contributed by atoms with Gasteiger partial charge in [0.25, 0.3) is 0 Å². The van der Waals surface area contributed by atoms with E-state index in [4.69, 9.17) is 0 Å². The van der Waals surface area contributed by atoms with Crippen molar-refractivity contribution in [3.63, 3.8) is 0 Å². The van der Waals surface area contributed by atoms with E-state index in [9.17, 15) is 4.79 Å². The third kappa shape index (κ3) is 8.90. The summed E-state index contributed by atoms with van der Waals surface area (Å²) in [6.45, 7) is 2.28. The zero-order chi connectivity index (χ0) is 21.6. The van der Waals surface area contributed by atoms with Gasteiger partial charge in [0.15, 0.2) is 5.78 Å². The lowest BCUT2D eigenvalue weighted by Gasteiger charge is -2.13. The molecule has 0 amide bonds. The number of unbranched alkanes of at least 4 members (excludes halogenated alkanes) is 12. The minimum absolute atomic E-state index is 0.289. The molecule has 0 unspecified atom stereocenters. The van der Waals surface area contributed by atoms with Gasteiger partial charge < -0.3 is 4.90 Å². The summed E-state index contributed by atoms with van der Waals surface area (Å²) in [7, 11) is 4.10. The topological polar surface area (TPSA) is 20.3 Å². The Bertz CT molecular complexity index is 749. The molecule has 0 saturated heterocycles. The van der Waals surface area contributed by atoms with Crippen molar-refractivity contribution >= 4 is 22.2 Å². The van der Waals surface area contributed by atoms with Crippen molar-refractivity contribution in [3.8, 4) is 0 Å². The molecule has 2 aromatic rings. The molecule has 2 nitrogen and oxygen atoms in total. The Labute approximate surface area is 185 Å². The van der Waals surface area contributed by atoms with Crippen molar-refractivity contribution in [1.29, 1.82) is 0 Å². The lowest BCUT2D eigenvalue weighted by molar-refractivity contribution is 0.0979. The van der Waals surface area contributed by atoms with Gasteiger partial charge in [-0.25, -0.2) is 0 Å². The molecular weight excluding hydrogens is 366 g/mol. The standard InChI is InChI=1S/C28H43NO/c1-4-5-6-7-8-9-10-11-12-13-14-15-16-17-28(30)26-19-18-25-23-27(29(2)3)21-20-24(25)22-26/h18-23H,4-17H2,1-3H3. The number of carbonyl (C=O) groups excluding carboxylic acids is 1. The second kappa shape index (κ2) is 14.2. The van der Waals surface area contributed by atoms with Gasteiger partial charge in [-0.3, -0.25) is 4.79 Å². The van der Waals surface area contributed by atoms with E-state index >= 15 is 0 Å². The molecule has 0 bridgehead atoms. The molecule has 0 spiro atoms. The van der Waals surface area contributed by atoms with Crippen molar-refractivity contribution < 1.29 is 4.79 Å². The number of ketones is 1. The lowest BCUT2D eigenvalue weighted by Crippen LogP contribution is -2.08. The smallest absolute Gasteiger partial charge is 0.162 e. The van der Waals surface area contributed by atoms with Crippen LogP contribution < -0.4 is 4.90 Å². The molecule has 2 rings (SSSR count). The second-order valence-corrected chi connectivity index (χ2v) is 9.06. The van der Waals surface area contributed by atoms with Gasteiger partial charge in [-0.15, -0.1) is 0 Å². The maximum atomic E-state index is 12.6. The van der Waals surface area contributed by atoms with Crippen LogP contribution in [0.15, 0.2) is 36.4 Å². The van der Waals surface area contributed by atoms with Crippen molar-refractivity contribution in [2.45, 2.75) is 96.8 Å². The molecule has 0 heterocycles. The average Bonchev–Trinajstić information content (AvgIpc) is 2.76. The number of rotatable bonds is 16. The first-order valence-electron chi connectivity index (χ1n) is 12.4. The molecule has 0 aliphatic heterocycles. The zero-order valence-electron chi connectivity index (χ0n) is 19.7. The summed E-state index contributed by atoms with van der Waals surface area (Å²) in [6.07, 6.45) is 18.1. The summed E-state index contributed by atoms with van der Waals surface area (Å²) < 4.78 is 0. The molecule has 0 fully saturated rings. The van der Waals surface area contributed by atoms with Gasteiger partial charge in [0.2, 0.25) is 0 Å². The average molecular weight is 410 g/mol. The minimum atomic E-state index is 0.289. The molecule has 30 heavy (non-hydrogen) atoms. The van der Waals surface area contributed by atoms with Crippen LogP contribution in [0, 0.1) is 0 Å². The summed E-state index contributed by atoms with van der Waals surface area (Å²) in [6, 6.07) is 12.5. The number of anilines is 1. The molecule has 0 aliphatic carbocycles. The van der Waals surface area contributed by atoms with Crippen molar-refractivity contribution in [2.75, 3.05) is 19.0 Å². The van der Waals surface area contributed by atoms with Gasteiger partial charge in [0.05, 0.1) is 0 Å². The maximum Gasteiger partial charge on any atom is 0.162 e. The molecule has 0 aromatic heterocycles. The Morgan fingerprint density at radius 2 is 1.17 bits per heavy atom. The van der Waals surface area contributed by atoms with Crippen LogP contribution in [0.5, 0.6) is 0 Å². The normalized spacial score (nSPS) is 11.2. The number of nitrogens with zero attached hydrogens (tertiary/aromatic N) is 1. The Kier molecular flexibility index (Phi) is 11.6. The number of hydrogen-bond donors (Lipinski definition) is 0. The van der Waals surface area contributed by atoms with Crippen LogP contribution in [0.1, 0.15) is 107 Å². The summed E-state index contributed by atoms with van der Waals surface area (Å²) in [4.78, 5) is 14.7. The van der Waals surface area contributed by atoms with E-state index in [2.05, 4.69) is 56.3 Å². The highest BCUT2D eigenvalue weighted by atomic mass is 16.1. The SMILES string of the molecule is CCCCCCCCCCCCCCCC(=O)c1ccc2cc(N(C)C)ccc2c1. The Hall–Kier alpha value is -1.83. The molecule has 0 saturated carbocycles. The summed E-state index contributed by atoms with van der Waals surface area (Å²) in [5.41, 5.74) is 2.05. The predicted octanol–water partition coefficient (Wildman–Crippen LogP) is 8.57. The first kappa shape index (κ1) is 24.4. The van der Waals surface area contributed by atoms with E-state index in [1.54, 1.807) is 0 Å². The van der Waals surface area contributed by atoms with E-state index in [0.717, 1.165) is 17.4 Å². The van der Waals surface area contributed by atoms with Crippen LogP contribution in [0.25, 0.3) is 10.8 Å². The van der Waals surface area contributed by atoms with Gasteiger partial charge in [-0.1, -0.05) is 102 Å². The van der Waals surface area contributed by atoms with E-state index in [0.29, 0.717) is 6.42 Å². The fraction of sp³-hybridized carbons (Fsp3) is 0.607. The second-order valence-electron chi connectivity index (χ2n) is 9.06. The summed E-state index contributed by atoms with van der Waals surface area (Å²) in [5.74, 6) is 0.289. The highest BCUT2D eigenvalue weighted by Crippen LogP contribution is 2.23. The monoisotopic (exact) mass is 409 g/mol. The van der Waals surface area contributed by atoms with Crippen LogP contribution >= 0.6 is 0 Å². The molecule has 166 valence electrons. The number of fused-ring (bicyclic) bond motifs is 1. The van der Waals surface area contributed by atoms with Gasteiger partial charge >= 0.3 is 0 Å². The Balaban J connectivity index is 1.56. The van der Waals surface area contributed by atoms with Crippen LogP contribution in [-0.2, 0) is 0 Å². The third-order valence-corrected chi connectivity index (χ3v) is 6.17. The van der Waals surface area contributed by atoms with Gasteiger partial charge in [0, 0.05) is 31.8 Å². The molecule has 2 heteroatoms. The highest BCUT2D eigenvalue weighted by Gasteiger charge is 2.07. The first-order chi connectivity index (χ1) is 14.6. The number of hydrogen-bond acceptors (Lipinski definition) is 2. The number of carbonyl (C=O) groups is 1.